The molecule has 0 atom stereocenters. The Bertz CT molecular complexity index is 964. The van der Waals surface area contributed by atoms with Crippen molar-refractivity contribution < 1.29 is 14.6 Å². The Hall–Kier alpha value is -3.34. The SMILES string of the molecule is COc1cccc(/C(C)=N\NC(=O)c2cc3ccccc3cc2O)c1. The molecule has 0 spiro atoms. The number of rotatable bonds is 4. The van der Waals surface area contributed by atoms with Gasteiger partial charge in [-0.25, -0.2) is 5.43 Å². The summed E-state index contributed by atoms with van der Waals surface area (Å²) in [5, 5.41) is 16.0. The largest absolute Gasteiger partial charge is 0.507 e. The molecule has 3 aromatic carbocycles. The highest BCUT2D eigenvalue weighted by molar-refractivity contribution is 6.03. The third-order valence-electron chi connectivity index (χ3n) is 3.92. The van der Waals surface area contributed by atoms with Gasteiger partial charge < -0.3 is 9.84 Å². The van der Waals surface area contributed by atoms with Crippen LogP contribution in [0.15, 0.2) is 65.8 Å². The number of hydrazone groups is 1. The molecule has 3 aromatic rings. The predicted molar refractivity (Wildman–Crippen MR) is 98.3 cm³/mol. The number of fused-ring (bicyclic) bond motifs is 1. The maximum atomic E-state index is 12.4. The van der Waals surface area contributed by atoms with Crippen molar-refractivity contribution >= 4 is 22.4 Å². The van der Waals surface area contributed by atoms with Crippen molar-refractivity contribution in [3.63, 3.8) is 0 Å². The number of hydrogen-bond acceptors (Lipinski definition) is 4. The van der Waals surface area contributed by atoms with Gasteiger partial charge in [0.05, 0.1) is 18.4 Å². The summed E-state index contributed by atoms with van der Waals surface area (Å²) in [5.74, 6) is 0.168. The average Bonchev–Trinajstić information content (AvgIpc) is 2.65. The summed E-state index contributed by atoms with van der Waals surface area (Å²) in [6.45, 7) is 1.79. The highest BCUT2D eigenvalue weighted by Gasteiger charge is 2.12. The van der Waals surface area contributed by atoms with Crippen molar-refractivity contribution in [1.29, 1.82) is 0 Å². The number of carbonyl (C=O) groups excluding carboxylic acids is 1. The van der Waals surface area contributed by atoms with Crippen molar-refractivity contribution in [2.45, 2.75) is 6.92 Å². The Morgan fingerprint density at radius 2 is 1.76 bits per heavy atom. The predicted octanol–water partition coefficient (Wildman–Crippen LogP) is 3.71. The molecule has 0 unspecified atom stereocenters. The third-order valence-corrected chi connectivity index (χ3v) is 3.92. The first-order chi connectivity index (χ1) is 12.1. The van der Waals surface area contributed by atoms with E-state index in [1.807, 2.05) is 48.5 Å². The Morgan fingerprint density at radius 1 is 1.04 bits per heavy atom. The zero-order valence-electron chi connectivity index (χ0n) is 14.0. The number of nitrogens with one attached hydrogen (secondary N) is 1. The zero-order chi connectivity index (χ0) is 17.8. The van der Waals surface area contributed by atoms with Gasteiger partial charge >= 0.3 is 0 Å². The Labute approximate surface area is 145 Å². The number of methoxy groups -OCH3 is 1. The second-order valence-corrected chi connectivity index (χ2v) is 5.59. The summed E-state index contributed by atoms with van der Waals surface area (Å²) in [6.07, 6.45) is 0. The van der Waals surface area contributed by atoms with Crippen molar-refractivity contribution in [3.8, 4) is 11.5 Å². The van der Waals surface area contributed by atoms with E-state index in [2.05, 4.69) is 10.5 Å². The molecule has 0 aliphatic carbocycles. The summed E-state index contributed by atoms with van der Waals surface area (Å²) >= 11 is 0. The molecule has 25 heavy (non-hydrogen) atoms. The second kappa shape index (κ2) is 7.05. The van der Waals surface area contributed by atoms with E-state index in [-0.39, 0.29) is 11.3 Å². The first-order valence-electron chi connectivity index (χ1n) is 7.79. The van der Waals surface area contributed by atoms with Crippen LogP contribution in [0.3, 0.4) is 0 Å². The van der Waals surface area contributed by atoms with E-state index in [0.29, 0.717) is 11.5 Å². The van der Waals surface area contributed by atoms with Gasteiger partial charge in [-0.15, -0.1) is 0 Å². The van der Waals surface area contributed by atoms with Crippen LogP contribution in [-0.4, -0.2) is 23.8 Å². The van der Waals surface area contributed by atoms with E-state index in [4.69, 9.17) is 4.74 Å². The zero-order valence-corrected chi connectivity index (χ0v) is 14.0. The molecule has 126 valence electrons. The second-order valence-electron chi connectivity index (χ2n) is 5.59. The number of amides is 1. The summed E-state index contributed by atoms with van der Waals surface area (Å²) in [6, 6.07) is 18.1. The van der Waals surface area contributed by atoms with E-state index in [9.17, 15) is 9.90 Å². The first kappa shape index (κ1) is 16.5. The number of hydrogen-bond donors (Lipinski definition) is 2. The Kier molecular flexibility index (Phi) is 4.66. The van der Waals surface area contributed by atoms with Gasteiger partial charge in [-0.05, 0) is 42.0 Å². The molecular weight excluding hydrogens is 316 g/mol. The number of ether oxygens (including phenoxy) is 1. The van der Waals surface area contributed by atoms with E-state index in [1.165, 1.54) is 0 Å². The molecule has 0 saturated heterocycles. The van der Waals surface area contributed by atoms with Gasteiger partial charge in [0.1, 0.15) is 11.5 Å². The fraction of sp³-hybridized carbons (Fsp3) is 0.100. The molecule has 5 heteroatoms. The molecule has 5 nitrogen and oxygen atoms in total. The van der Waals surface area contributed by atoms with Crippen LogP contribution in [0.1, 0.15) is 22.8 Å². The third kappa shape index (κ3) is 3.61. The quantitative estimate of drug-likeness (QED) is 0.564. The van der Waals surface area contributed by atoms with Gasteiger partial charge in [0.2, 0.25) is 0 Å². The molecule has 0 saturated carbocycles. The minimum atomic E-state index is -0.467. The highest BCUT2D eigenvalue weighted by atomic mass is 16.5. The lowest BCUT2D eigenvalue weighted by atomic mass is 10.1. The maximum absolute atomic E-state index is 12.4. The van der Waals surface area contributed by atoms with E-state index >= 15 is 0 Å². The van der Waals surface area contributed by atoms with Crippen LogP contribution in [0.5, 0.6) is 11.5 Å². The van der Waals surface area contributed by atoms with Crippen molar-refractivity contribution in [1.82, 2.24) is 5.43 Å². The highest BCUT2D eigenvalue weighted by Crippen LogP contribution is 2.24. The number of phenolic OH excluding ortho intramolecular Hbond substituents is 1. The molecule has 3 rings (SSSR count). The molecule has 0 aromatic heterocycles. The molecule has 1 amide bonds. The van der Waals surface area contributed by atoms with Gasteiger partial charge in [-0.1, -0.05) is 36.4 Å². The van der Waals surface area contributed by atoms with Crippen LogP contribution < -0.4 is 10.2 Å². The van der Waals surface area contributed by atoms with Crippen LogP contribution in [0.4, 0.5) is 0 Å². The van der Waals surface area contributed by atoms with Gasteiger partial charge in [0.15, 0.2) is 0 Å². The standard InChI is InChI=1S/C20H18N2O3/c1-13(14-8-5-9-17(10-14)25-2)21-22-20(24)18-11-15-6-3-4-7-16(15)12-19(18)23/h3-12,23H,1-2H3,(H,22,24)/b21-13-. The maximum Gasteiger partial charge on any atom is 0.275 e. The molecule has 0 fully saturated rings. The first-order valence-corrected chi connectivity index (χ1v) is 7.79. The lowest BCUT2D eigenvalue weighted by Gasteiger charge is -2.07. The number of aromatic hydroxyl groups is 1. The molecule has 0 aliphatic heterocycles. The lowest BCUT2D eigenvalue weighted by molar-refractivity contribution is 0.0952. The smallest absolute Gasteiger partial charge is 0.275 e. The van der Waals surface area contributed by atoms with Gasteiger partial charge in [-0.3, -0.25) is 4.79 Å². The molecule has 0 radical (unpaired) electrons. The van der Waals surface area contributed by atoms with Gasteiger partial charge in [0.25, 0.3) is 5.91 Å². The Balaban J connectivity index is 1.83. The van der Waals surface area contributed by atoms with E-state index < -0.39 is 5.91 Å². The summed E-state index contributed by atoms with van der Waals surface area (Å²) < 4.78 is 5.18. The molecule has 0 heterocycles. The normalized spacial score (nSPS) is 11.4. The topological polar surface area (TPSA) is 70.9 Å². The van der Waals surface area contributed by atoms with Gasteiger partial charge in [0, 0.05) is 5.56 Å². The molecule has 2 N–H and O–H groups in total. The monoisotopic (exact) mass is 334 g/mol. The summed E-state index contributed by atoms with van der Waals surface area (Å²) in [4.78, 5) is 12.4. The van der Waals surface area contributed by atoms with Crippen molar-refractivity contribution in [2.24, 2.45) is 5.10 Å². The van der Waals surface area contributed by atoms with Crippen LogP contribution in [-0.2, 0) is 0 Å². The van der Waals surface area contributed by atoms with E-state index in [1.54, 1.807) is 26.2 Å². The number of nitrogens with zero attached hydrogens (tertiary/aromatic N) is 1. The Morgan fingerprint density at radius 3 is 2.48 bits per heavy atom. The number of carbonyl (C=O) groups is 1. The lowest BCUT2D eigenvalue weighted by Crippen LogP contribution is -2.19. The molecule has 0 bridgehead atoms. The van der Waals surface area contributed by atoms with Crippen LogP contribution in [0.25, 0.3) is 10.8 Å². The van der Waals surface area contributed by atoms with Crippen molar-refractivity contribution in [3.05, 3.63) is 71.8 Å². The molecular formula is C20H18N2O3. The minimum absolute atomic E-state index is 0.0783. The van der Waals surface area contributed by atoms with Crippen molar-refractivity contribution in [2.75, 3.05) is 7.11 Å². The van der Waals surface area contributed by atoms with Gasteiger partial charge in [-0.2, -0.15) is 5.10 Å². The average molecular weight is 334 g/mol. The summed E-state index contributed by atoms with van der Waals surface area (Å²) in [7, 11) is 1.59. The molecule has 0 aliphatic rings. The minimum Gasteiger partial charge on any atom is -0.507 e. The fourth-order valence-electron chi connectivity index (χ4n) is 2.52. The summed E-state index contributed by atoms with van der Waals surface area (Å²) in [5.41, 5.74) is 4.14. The van der Waals surface area contributed by atoms with Crippen LogP contribution in [0.2, 0.25) is 0 Å². The number of phenols is 1. The van der Waals surface area contributed by atoms with Crippen LogP contribution >= 0.6 is 0 Å². The van der Waals surface area contributed by atoms with Crippen LogP contribution in [0, 0.1) is 0 Å². The number of benzene rings is 3. The van der Waals surface area contributed by atoms with E-state index in [0.717, 1.165) is 16.3 Å². The fourth-order valence-corrected chi connectivity index (χ4v) is 2.52.